The molecule has 1 aliphatic heterocycles. The first-order valence-corrected chi connectivity index (χ1v) is 9.53. The molecule has 3 aromatic heterocycles. The molecule has 4 aromatic rings. The van der Waals surface area contributed by atoms with Crippen LogP contribution in [0.25, 0.3) is 22.1 Å². The minimum atomic E-state index is 0.534. The summed E-state index contributed by atoms with van der Waals surface area (Å²) in [5.41, 5.74) is 4.98. The second kappa shape index (κ2) is 7.05. The number of pyridine rings is 1. The molecule has 4 heterocycles. The quantitative estimate of drug-likeness (QED) is 0.458. The summed E-state index contributed by atoms with van der Waals surface area (Å²) in [4.78, 5) is 15.6. The highest BCUT2D eigenvalue weighted by atomic mass is 16.5. The molecular formula is C23H20N4O2. The van der Waals surface area contributed by atoms with E-state index in [1.807, 2.05) is 31.2 Å². The number of hydrogen-bond acceptors (Lipinski definition) is 6. The molecule has 6 heteroatoms. The molecule has 0 aliphatic carbocycles. The van der Waals surface area contributed by atoms with Crippen LogP contribution in [0.3, 0.4) is 0 Å². The first-order chi connectivity index (χ1) is 14.2. The van der Waals surface area contributed by atoms with Crippen molar-refractivity contribution in [2.24, 2.45) is 0 Å². The summed E-state index contributed by atoms with van der Waals surface area (Å²) >= 11 is 0. The van der Waals surface area contributed by atoms with Crippen LogP contribution in [0.1, 0.15) is 11.3 Å². The Hall–Kier alpha value is -3.67. The summed E-state index contributed by atoms with van der Waals surface area (Å²) in [5.74, 6) is 2.22. The lowest BCUT2D eigenvalue weighted by atomic mass is 9.99. The summed E-state index contributed by atoms with van der Waals surface area (Å²) < 4.78 is 11.5. The topological polar surface area (TPSA) is 64.3 Å². The van der Waals surface area contributed by atoms with Crippen LogP contribution in [0.15, 0.2) is 65.7 Å². The van der Waals surface area contributed by atoms with E-state index in [4.69, 9.17) is 9.15 Å². The zero-order valence-corrected chi connectivity index (χ0v) is 16.3. The van der Waals surface area contributed by atoms with Gasteiger partial charge in [0.2, 0.25) is 5.88 Å². The van der Waals surface area contributed by atoms with Gasteiger partial charge in [0.05, 0.1) is 17.3 Å². The number of furan rings is 1. The first-order valence-electron chi connectivity index (χ1n) is 9.53. The van der Waals surface area contributed by atoms with Gasteiger partial charge >= 0.3 is 0 Å². The van der Waals surface area contributed by atoms with Crippen LogP contribution in [0.4, 0.5) is 5.82 Å². The highest BCUT2D eigenvalue weighted by Gasteiger charge is 2.19. The molecule has 0 saturated heterocycles. The average molecular weight is 384 g/mol. The molecule has 0 N–H and O–H groups in total. The fourth-order valence-corrected chi connectivity index (χ4v) is 3.71. The van der Waals surface area contributed by atoms with E-state index in [9.17, 15) is 0 Å². The highest BCUT2D eigenvalue weighted by molar-refractivity contribution is 5.83. The molecule has 5 rings (SSSR count). The molecule has 144 valence electrons. The number of aromatic nitrogens is 3. The summed E-state index contributed by atoms with van der Waals surface area (Å²) in [6.07, 6.45) is 9.28. The average Bonchev–Trinajstić information content (AvgIpc) is 3.41. The normalized spacial score (nSPS) is 13.4. The van der Waals surface area contributed by atoms with Crippen molar-refractivity contribution in [2.75, 3.05) is 18.0 Å². The molecule has 0 bridgehead atoms. The minimum Gasteiger partial charge on any atom is -0.464 e. The largest absolute Gasteiger partial charge is 0.464 e. The van der Waals surface area contributed by atoms with Crippen molar-refractivity contribution in [3.63, 3.8) is 0 Å². The summed E-state index contributed by atoms with van der Waals surface area (Å²) in [6.45, 7) is 5.83. The smallest absolute Gasteiger partial charge is 0.230 e. The Morgan fingerprint density at radius 1 is 1.00 bits per heavy atom. The monoisotopic (exact) mass is 384 g/mol. The van der Waals surface area contributed by atoms with Gasteiger partial charge in [-0.05, 0) is 49.2 Å². The van der Waals surface area contributed by atoms with Gasteiger partial charge in [-0.1, -0.05) is 18.2 Å². The van der Waals surface area contributed by atoms with Gasteiger partial charge in [-0.3, -0.25) is 0 Å². The van der Waals surface area contributed by atoms with Crippen molar-refractivity contribution < 1.29 is 9.15 Å². The maximum Gasteiger partial charge on any atom is 0.230 e. The summed E-state index contributed by atoms with van der Waals surface area (Å²) in [7, 11) is 0. The Balaban J connectivity index is 1.52. The Kier molecular flexibility index (Phi) is 4.24. The Morgan fingerprint density at radius 2 is 1.86 bits per heavy atom. The zero-order valence-electron chi connectivity index (χ0n) is 16.3. The van der Waals surface area contributed by atoms with E-state index in [1.54, 1.807) is 18.8 Å². The second-order valence-corrected chi connectivity index (χ2v) is 7.06. The molecule has 0 spiro atoms. The predicted octanol–water partition coefficient (Wildman–Crippen LogP) is 5.07. The van der Waals surface area contributed by atoms with E-state index >= 15 is 0 Å². The van der Waals surface area contributed by atoms with Crippen LogP contribution in [0, 0.1) is 13.8 Å². The van der Waals surface area contributed by atoms with Crippen LogP contribution < -0.4 is 9.64 Å². The van der Waals surface area contributed by atoms with Gasteiger partial charge < -0.3 is 14.1 Å². The molecule has 6 nitrogen and oxygen atoms in total. The van der Waals surface area contributed by atoms with Crippen molar-refractivity contribution in [3.05, 3.63) is 72.5 Å². The van der Waals surface area contributed by atoms with Crippen molar-refractivity contribution >= 4 is 16.8 Å². The fourth-order valence-electron chi connectivity index (χ4n) is 3.71. The molecular weight excluding hydrogens is 364 g/mol. The van der Waals surface area contributed by atoms with Crippen LogP contribution in [0.2, 0.25) is 0 Å². The van der Waals surface area contributed by atoms with Crippen LogP contribution >= 0.6 is 0 Å². The van der Waals surface area contributed by atoms with E-state index < -0.39 is 0 Å². The molecule has 0 fully saturated rings. The van der Waals surface area contributed by atoms with E-state index in [-0.39, 0.29) is 0 Å². The van der Waals surface area contributed by atoms with E-state index in [0.717, 1.165) is 58.0 Å². The van der Waals surface area contributed by atoms with E-state index in [0.29, 0.717) is 5.88 Å². The fraction of sp³-hybridized carbons (Fsp3) is 0.174. The summed E-state index contributed by atoms with van der Waals surface area (Å²) in [5, 5.41) is 0.852. The Labute approximate surface area is 168 Å². The van der Waals surface area contributed by atoms with Crippen LogP contribution in [-0.2, 0) is 0 Å². The van der Waals surface area contributed by atoms with Gasteiger partial charge in [0.1, 0.15) is 23.5 Å². The minimum absolute atomic E-state index is 0.534. The molecule has 0 atom stereocenters. The SMILES string of the molecule is Cc1cc(Oc2nccc3occc23)ccc1-c1c(C)ncnc1N1CC=CC1. The van der Waals surface area contributed by atoms with Crippen molar-refractivity contribution in [3.8, 4) is 22.8 Å². The first kappa shape index (κ1) is 17.4. The lowest BCUT2D eigenvalue weighted by Crippen LogP contribution is -2.21. The molecule has 0 amide bonds. The van der Waals surface area contributed by atoms with Crippen LogP contribution in [0.5, 0.6) is 11.6 Å². The zero-order chi connectivity index (χ0) is 19.8. The van der Waals surface area contributed by atoms with Gasteiger partial charge in [0, 0.05) is 24.8 Å². The lowest BCUT2D eigenvalue weighted by molar-refractivity contribution is 0.468. The molecule has 0 unspecified atom stereocenters. The molecule has 0 saturated carbocycles. The van der Waals surface area contributed by atoms with E-state index in [2.05, 4.69) is 45.0 Å². The number of benzene rings is 1. The van der Waals surface area contributed by atoms with Crippen molar-refractivity contribution in [1.82, 2.24) is 15.0 Å². The second-order valence-electron chi connectivity index (χ2n) is 7.06. The number of aryl methyl sites for hydroxylation is 2. The van der Waals surface area contributed by atoms with Gasteiger partial charge in [-0.2, -0.15) is 0 Å². The Bertz CT molecular complexity index is 1220. The third kappa shape index (κ3) is 3.12. The van der Waals surface area contributed by atoms with Gasteiger partial charge in [0.25, 0.3) is 0 Å². The van der Waals surface area contributed by atoms with Gasteiger partial charge in [-0.25, -0.2) is 15.0 Å². The van der Waals surface area contributed by atoms with Crippen molar-refractivity contribution in [1.29, 1.82) is 0 Å². The van der Waals surface area contributed by atoms with E-state index in [1.165, 1.54) is 0 Å². The third-order valence-electron chi connectivity index (χ3n) is 5.16. The number of anilines is 1. The molecule has 29 heavy (non-hydrogen) atoms. The molecule has 1 aromatic carbocycles. The number of ether oxygens (including phenoxy) is 1. The third-order valence-corrected chi connectivity index (χ3v) is 5.16. The number of rotatable bonds is 4. The number of nitrogens with zero attached hydrogens (tertiary/aromatic N) is 4. The number of fused-ring (bicyclic) bond motifs is 1. The van der Waals surface area contributed by atoms with Gasteiger partial charge in [0.15, 0.2) is 0 Å². The van der Waals surface area contributed by atoms with Crippen molar-refractivity contribution in [2.45, 2.75) is 13.8 Å². The maximum absolute atomic E-state index is 6.06. The maximum atomic E-state index is 6.06. The Morgan fingerprint density at radius 3 is 2.69 bits per heavy atom. The van der Waals surface area contributed by atoms with Gasteiger partial charge in [-0.15, -0.1) is 0 Å². The standard InChI is InChI=1S/C23H20N4O2/c1-15-13-17(29-23-19-8-12-28-20(19)7-9-24-23)5-6-18(15)21-16(2)25-14-26-22(21)27-10-3-4-11-27/h3-9,12-14H,10-11H2,1-2H3. The summed E-state index contributed by atoms with van der Waals surface area (Å²) in [6, 6.07) is 9.73. The molecule has 0 radical (unpaired) electrons. The highest BCUT2D eigenvalue weighted by Crippen LogP contribution is 2.36. The molecule has 1 aliphatic rings. The van der Waals surface area contributed by atoms with Crippen LogP contribution in [-0.4, -0.2) is 28.0 Å². The predicted molar refractivity (Wildman–Crippen MR) is 112 cm³/mol. The number of hydrogen-bond donors (Lipinski definition) is 0. The lowest BCUT2D eigenvalue weighted by Gasteiger charge is -2.22.